The standard InChI is InChI=1S/C19H25N3O2/c1-22(13-18-15-23-8-7-21-18)12-17-9-19(11-20-10-17)24-14-16-5-3-2-4-6-16/h2-6,9-11,18,21H,7-8,12-15H2,1H3. The van der Waals surface area contributed by atoms with Crippen LogP contribution >= 0.6 is 0 Å². The fourth-order valence-corrected chi connectivity index (χ4v) is 2.86. The van der Waals surface area contributed by atoms with Crippen molar-refractivity contribution in [3.63, 3.8) is 0 Å². The van der Waals surface area contributed by atoms with Gasteiger partial charge in [0.05, 0.1) is 19.4 Å². The first-order valence-corrected chi connectivity index (χ1v) is 8.40. The summed E-state index contributed by atoms with van der Waals surface area (Å²) in [5, 5.41) is 3.48. The van der Waals surface area contributed by atoms with E-state index < -0.39 is 0 Å². The van der Waals surface area contributed by atoms with Crippen LogP contribution in [0.1, 0.15) is 11.1 Å². The molecule has 0 aliphatic carbocycles. The topological polar surface area (TPSA) is 46.6 Å². The molecule has 0 amide bonds. The van der Waals surface area contributed by atoms with Gasteiger partial charge in [0.25, 0.3) is 0 Å². The van der Waals surface area contributed by atoms with Crippen molar-refractivity contribution in [2.24, 2.45) is 0 Å². The Balaban J connectivity index is 1.50. The third kappa shape index (κ3) is 5.30. The highest BCUT2D eigenvalue weighted by Gasteiger charge is 2.15. The molecule has 0 bridgehead atoms. The molecule has 1 fully saturated rings. The van der Waals surface area contributed by atoms with E-state index in [9.17, 15) is 0 Å². The lowest BCUT2D eigenvalue weighted by molar-refractivity contribution is 0.0645. The quantitative estimate of drug-likeness (QED) is 0.844. The predicted octanol–water partition coefficient (Wildman–Crippen LogP) is 2.08. The minimum Gasteiger partial charge on any atom is -0.487 e. The molecule has 5 nitrogen and oxygen atoms in total. The largest absolute Gasteiger partial charge is 0.487 e. The second-order valence-corrected chi connectivity index (χ2v) is 6.23. The summed E-state index contributed by atoms with van der Waals surface area (Å²) in [6, 6.07) is 12.6. The summed E-state index contributed by atoms with van der Waals surface area (Å²) in [5.41, 5.74) is 2.31. The molecular formula is C19H25N3O2. The van der Waals surface area contributed by atoms with Crippen molar-refractivity contribution in [2.75, 3.05) is 33.4 Å². The number of rotatable bonds is 7. The van der Waals surface area contributed by atoms with Gasteiger partial charge in [0.2, 0.25) is 0 Å². The summed E-state index contributed by atoms with van der Waals surface area (Å²) >= 11 is 0. The van der Waals surface area contributed by atoms with Gasteiger partial charge in [-0.25, -0.2) is 0 Å². The third-order valence-electron chi connectivity index (χ3n) is 4.00. The van der Waals surface area contributed by atoms with E-state index in [1.807, 2.05) is 24.4 Å². The van der Waals surface area contributed by atoms with Gasteiger partial charge in [0, 0.05) is 31.9 Å². The van der Waals surface area contributed by atoms with Gasteiger partial charge in [-0.2, -0.15) is 0 Å². The second kappa shape index (κ2) is 8.78. The lowest BCUT2D eigenvalue weighted by Crippen LogP contribution is -2.47. The maximum atomic E-state index is 5.85. The molecule has 1 N–H and O–H groups in total. The van der Waals surface area contributed by atoms with Gasteiger partial charge in [0.1, 0.15) is 12.4 Å². The van der Waals surface area contributed by atoms with Crippen molar-refractivity contribution in [2.45, 2.75) is 19.2 Å². The minimum absolute atomic E-state index is 0.397. The van der Waals surface area contributed by atoms with Crippen LogP contribution in [0.15, 0.2) is 48.8 Å². The number of nitrogens with zero attached hydrogens (tertiary/aromatic N) is 2. The first kappa shape index (κ1) is 16.9. The van der Waals surface area contributed by atoms with Gasteiger partial charge in [-0.1, -0.05) is 30.3 Å². The Bertz CT molecular complexity index is 615. The normalized spacial score (nSPS) is 17.8. The predicted molar refractivity (Wildman–Crippen MR) is 94.0 cm³/mol. The lowest BCUT2D eigenvalue weighted by Gasteiger charge is -2.28. The van der Waals surface area contributed by atoms with E-state index in [0.717, 1.165) is 49.7 Å². The minimum atomic E-state index is 0.397. The molecule has 24 heavy (non-hydrogen) atoms. The fourth-order valence-electron chi connectivity index (χ4n) is 2.86. The molecule has 0 spiro atoms. The Morgan fingerprint density at radius 1 is 1.25 bits per heavy atom. The van der Waals surface area contributed by atoms with Crippen LogP contribution in [0.25, 0.3) is 0 Å². The number of likely N-dealkylation sites (N-methyl/N-ethyl adjacent to an activating group) is 1. The molecule has 1 aliphatic heterocycles. The van der Waals surface area contributed by atoms with Gasteiger partial charge in [-0.3, -0.25) is 4.98 Å². The van der Waals surface area contributed by atoms with Crippen LogP contribution < -0.4 is 10.1 Å². The summed E-state index contributed by atoms with van der Waals surface area (Å²) in [6.07, 6.45) is 3.67. The maximum absolute atomic E-state index is 5.85. The van der Waals surface area contributed by atoms with Crippen LogP contribution in [0.3, 0.4) is 0 Å². The molecule has 5 heteroatoms. The number of morpholine rings is 1. The SMILES string of the molecule is CN(Cc1cncc(OCc2ccccc2)c1)CC1COCCN1. The molecule has 1 unspecified atom stereocenters. The molecule has 0 saturated carbocycles. The summed E-state index contributed by atoms with van der Waals surface area (Å²) < 4.78 is 11.4. The van der Waals surface area contributed by atoms with E-state index in [2.05, 4.69) is 40.4 Å². The summed E-state index contributed by atoms with van der Waals surface area (Å²) in [7, 11) is 2.12. The molecule has 1 aromatic carbocycles. The first-order valence-electron chi connectivity index (χ1n) is 8.40. The Labute approximate surface area is 143 Å². The molecule has 0 radical (unpaired) electrons. The highest BCUT2D eigenvalue weighted by molar-refractivity contribution is 5.24. The average molecular weight is 327 g/mol. The van der Waals surface area contributed by atoms with Crippen molar-refractivity contribution in [1.29, 1.82) is 0 Å². The van der Waals surface area contributed by atoms with Crippen molar-refractivity contribution in [3.05, 3.63) is 59.9 Å². The number of hydrogen-bond donors (Lipinski definition) is 1. The zero-order chi connectivity index (χ0) is 16.6. The summed E-state index contributed by atoms with van der Waals surface area (Å²) in [5.74, 6) is 0.809. The van der Waals surface area contributed by atoms with E-state index >= 15 is 0 Å². The molecule has 128 valence electrons. The number of aromatic nitrogens is 1. The molecule has 3 rings (SSSR count). The number of pyridine rings is 1. The second-order valence-electron chi connectivity index (χ2n) is 6.23. The number of hydrogen-bond acceptors (Lipinski definition) is 5. The van der Waals surface area contributed by atoms with Crippen molar-refractivity contribution >= 4 is 0 Å². The van der Waals surface area contributed by atoms with Crippen LogP contribution in [-0.4, -0.2) is 49.3 Å². The smallest absolute Gasteiger partial charge is 0.138 e. The molecule has 1 aromatic heterocycles. The van der Waals surface area contributed by atoms with Gasteiger partial charge < -0.3 is 19.7 Å². The highest BCUT2D eigenvalue weighted by atomic mass is 16.5. The Morgan fingerprint density at radius 3 is 2.92 bits per heavy atom. The van der Waals surface area contributed by atoms with E-state index in [0.29, 0.717) is 12.6 Å². The lowest BCUT2D eigenvalue weighted by atomic mass is 10.2. The Morgan fingerprint density at radius 2 is 2.12 bits per heavy atom. The van der Waals surface area contributed by atoms with E-state index in [1.165, 1.54) is 0 Å². The van der Waals surface area contributed by atoms with Crippen molar-refractivity contribution in [1.82, 2.24) is 15.2 Å². The molecule has 2 aromatic rings. The average Bonchev–Trinajstić information content (AvgIpc) is 2.62. The van der Waals surface area contributed by atoms with E-state index in [1.54, 1.807) is 6.20 Å². The number of benzene rings is 1. The maximum Gasteiger partial charge on any atom is 0.138 e. The van der Waals surface area contributed by atoms with Gasteiger partial charge in [-0.15, -0.1) is 0 Å². The Hall–Kier alpha value is -1.95. The van der Waals surface area contributed by atoms with Gasteiger partial charge in [0.15, 0.2) is 0 Å². The summed E-state index contributed by atoms with van der Waals surface area (Å²) in [4.78, 5) is 6.59. The van der Waals surface area contributed by atoms with Crippen LogP contribution in [-0.2, 0) is 17.9 Å². The van der Waals surface area contributed by atoms with Crippen LogP contribution in [0.5, 0.6) is 5.75 Å². The first-order chi connectivity index (χ1) is 11.8. The van der Waals surface area contributed by atoms with Crippen LogP contribution in [0, 0.1) is 0 Å². The van der Waals surface area contributed by atoms with Crippen molar-refractivity contribution < 1.29 is 9.47 Å². The van der Waals surface area contributed by atoms with E-state index in [-0.39, 0.29) is 0 Å². The molecule has 1 saturated heterocycles. The van der Waals surface area contributed by atoms with Crippen LogP contribution in [0.2, 0.25) is 0 Å². The molecular weight excluding hydrogens is 302 g/mol. The monoisotopic (exact) mass is 327 g/mol. The molecule has 1 atom stereocenters. The molecule has 2 heterocycles. The van der Waals surface area contributed by atoms with E-state index in [4.69, 9.17) is 9.47 Å². The molecule has 1 aliphatic rings. The Kier molecular flexibility index (Phi) is 6.18. The van der Waals surface area contributed by atoms with Crippen LogP contribution in [0.4, 0.5) is 0 Å². The highest BCUT2D eigenvalue weighted by Crippen LogP contribution is 2.15. The van der Waals surface area contributed by atoms with Gasteiger partial charge in [-0.05, 0) is 24.2 Å². The van der Waals surface area contributed by atoms with Gasteiger partial charge >= 0.3 is 0 Å². The number of nitrogens with one attached hydrogen (secondary N) is 1. The zero-order valence-corrected chi connectivity index (χ0v) is 14.1. The van der Waals surface area contributed by atoms with Crippen molar-refractivity contribution in [3.8, 4) is 5.75 Å². The number of ether oxygens (including phenoxy) is 2. The fraction of sp³-hybridized carbons (Fsp3) is 0.421. The third-order valence-corrected chi connectivity index (χ3v) is 4.00. The zero-order valence-electron chi connectivity index (χ0n) is 14.1. The summed E-state index contributed by atoms with van der Waals surface area (Å²) in [6.45, 7) is 4.88.